The molecule has 0 unspecified atom stereocenters. The van der Waals surface area contributed by atoms with Gasteiger partial charge in [-0.3, -0.25) is 4.98 Å². The second-order valence-electron chi connectivity index (χ2n) is 9.81. The van der Waals surface area contributed by atoms with Gasteiger partial charge in [-0.25, -0.2) is 0 Å². The van der Waals surface area contributed by atoms with Crippen LogP contribution in [0.4, 0.5) is 0 Å². The second-order valence-corrected chi connectivity index (χ2v) is 9.81. The van der Waals surface area contributed by atoms with Crippen molar-refractivity contribution in [3.63, 3.8) is 0 Å². The van der Waals surface area contributed by atoms with Gasteiger partial charge in [0, 0.05) is 54.0 Å². The van der Waals surface area contributed by atoms with Crippen molar-refractivity contribution in [2.45, 2.75) is 37.9 Å². The van der Waals surface area contributed by atoms with E-state index in [1.54, 1.807) is 6.20 Å². The molecule has 2 aliphatic rings. The average Bonchev–Trinajstić information content (AvgIpc) is 3.43. The monoisotopic (exact) mass is 520 g/mol. The topological polar surface area (TPSA) is 113 Å². The number of hydrogen-bond acceptors (Lipinski definition) is 7. The highest BCUT2D eigenvalue weighted by Gasteiger charge is 2.20. The molecule has 6 rings (SSSR count). The average molecular weight is 521 g/mol. The first-order chi connectivity index (χ1) is 19.2. The number of aromatic amines is 1. The quantitative estimate of drug-likeness (QED) is 0.344. The number of H-pyrrole nitrogens is 1. The van der Waals surface area contributed by atoms with Gasteiger partial charge in [0.05, 0.1) is 43.2 Å². The maximum absolute atomic E-state index is 9.84. The van der Waals surface area contributed by atoms with Gasteiger partial charge in [-0.05, 0) is 54.1 Å². The Balaban J connectivity index is 1.29. The lowest BCUT2D eigenvalue weighted by atomic mass is 10.0. The molecule has 4 aromatic rings. The number of nitrogens with zero attached hydrogens (tertiary/aromatic N) is 3. The van der Waals surface area contributed by atoms with Gasteiger partial charge in [0.2, 0.25) is 0 Å². The molecule has 2 aromatic heterocycles. The molecule has 0 spiro atoms. The summed E-state index contributed by atoms with van der Waals surface area (Å²) < 4.78 is 23.1. The van der Waals surface area contributed by atoms with Gasteiger partial charge < -0.3 is 23.9 Å². The molecule has 39 heavy (non-hydrogen) atoms. The van der Waals surface area contributed by atoms with Crippen molar-refractivity contribution in [3.8, 4) is 46.2 Å². The second kappa shape index (κ2) is 11.2. The van der Waals surface area contributed by atoms with Gasteiger partial charge in [0.15, 0.2) is 0 Å². The lowest BCUT2D eigenvalue weighted by molar-refractivity contribution is 0.0252. The minimum atomic E-state index is 0.0530. The SMILES string of the molecule is N#Cc1cc(-c2cc3c(-c4ccc(OC5CCOCC5)c(C#N)c4)nccc3[nH]2)ccc1OC1CCOCC1. The number of ether oxygens (including phenoxy) is 4. The van der Waals surface area contributed by atoms with E-state index in [4.69, 9.17) is 18.9 Å². The summed E-state index contributed by atoms with van der Waals surface area (Å²) in [6, 6.07) is 19.8. The first kappa shape index (κ1) is 24.9. The molecule has 0 radical (unpaired) electrons. The molecule has 2 saturated heterocycles. The zero-order chi connectivity index (χ0) is 26.6. The van der Waals surface area contributed by atoms with Crippen LogP contribution in [0.15, 0.2) is 54.7 Å². The smallest absolute Gasteiger partial charge is 0.137 e. The highest BCUT2D eigenvalue weighted by molar-refractivity contribution is 5.96. The number of pyridine rings is 1. The predicted molar refractivity (Wildman–Crippen MR) is 145 cm³/mol. The number of rotatable bonds is 6. The van der Waals surface area contributed by atoms with Crippen LogP contribution in [0, 0.1) is 22.7 Å². The van der Waals surface area contributed by atoms with Crippen molar-refractivity contribution in [2.75, 3.05) is 26.4 Å². The summed E-state index contributed by atoms with van der Waals surface area (Å²) in [5.41, 5.74) is 5.24. The maximum Gasteiger partial charge on any atom is 0.137 e. The van der Waals surface area contributed by atoms with Crippen LogP contribution >= 0.6 is 0 Å². The van der Waals surface area contributed by atoms with E-state index in [9.17, 15) is 10.5 Å². The van der Waals surface area contributed by atoms with E-state index in [0.29, 0.717) is 49.1 Å². The minimum Gasteiger partial charge on any atom is -0.489 e. The van der Waals surface area contributed by atoms with Crippen LogP contribution in [-0.2, 0) is 9.47 Å². The van der Waals surface area contributed by atoms with Crippen molar-refractivity contribution in [1.29, 1.82) is 10.5 Å². The van der Waals surface area contributed by atoms with Crippen LogP contribution in [-0.4, -0.2) is 48.6 Å². The van der Waals surface area contributed by atoms with E-state index >= 15 is 0 Å². The van der Waals surface area contributed by atoms with Gasteiger partial charge in [-0.1, -0.05) is 0 Å². The molecule has 8 heteroatoms. The summed E-state index contributed by atoms with van der Waals surface area (Å²) in [4.78, 5) is 8.11. The van der Waals surface area contributed by atoms with Crippen molar-refractivity contribution in [2.24, 2.45) is 0 Å². The first-order valence-corrected chi connectivity index (χ1v) is 13.3. The molecule has 196 valence electrons. The number of fused-ring (bicyclic) bond motifs is 1. The lowest BCUT2D eigenvalue weighted by Crippen LogP contribution is -2.26. The first-order valence-electron chi connectivity index (χ1n) is 13.3. The van der Waals surface area contributed by atoms with Crippen molar-refractivity contribution in [1.82, 2.24) is 9.97 Å². The van der Waals surface area contributed by atoms with Gasteiger partial charge in [-0.15, -0.1) is 0 Å². The highest BCUT2D eigenvalue weighted by atomic mass is 16.5. The molecule has 0 atom stereocenters. The van der Waals surface area contributed by atoms with Gasteiger partial charge in [0.1, 0.15) is 35.8 Å². The predicted octanol–water partition coefficient (Wildman–Crippen LogP) is 5.76. The van der Waals surface area contributed by atoms with E-state index in [0.717, 1.165) is 59.1 Å². The summed E-state index contributed by atoms with van der Waals surface area (Å²) in [6.45, 7) is 2.71. The minimum absolute atomic E-state index is 0.0530. The Labute approximate surface area is 226 Å². The Morgan fingerprint density at radius 3 is 1.90 bits per heavy atom. The van der Waals surface area contributed by atoms with Gasteiger partial charge in [-0.2, -0.15) is 10.5 Å². The van der Waals surface area contributed by atoms with E-state index in [2.05, 4.69) is 22.1 Å². The van der Waals surface area contributed by atoms with E-state index in [-0.39, 0.29) is 12.2 Å². The van der Waals surface area contributed by atoms with E-state index in [1.807, 2.05) is 48.5 Å². The molecule has 0 saturated carbocycles. The number of nitriles is 2. The number of aromatic nitrogens is 2. The lowest BCUT2D eigenvalue weighted by Gasteiger charge is -2.23. The van der Waals surface area contributed by atoms with Crippen LogP contribution in [0.5, 0.6) is 11.5 Å². The van der Waals surface area contributed by atoms with E-state index in [1.165, 1.54) is 0 Å². The standard InChI is InChI=1S/C31H28N4O4/c32-18-22-15-20(1-3-29(22)38-24-6-11-36-12-7-24)28-17-26-27(35-28)5-10-34-31(26)21-2-4-30(23(16-21)19-33)39-25-8-13-37-14-9-25/h1-5,10,15-17,24-25,35H,6-9,11-14H2. The third-order valence-electron chi connectivity index (χ3n) is 7.26. The molecule has 1 N–H and O–H groups in total. The number of hydrogen-bond donors (Lipinski definition) is 1. The zero-order valence-electron chi connectivity index (χ0n) is 21.5. The molecule has 2 aliphatic heterocycles. The van der Waals surface area contributed by atoms with Crippen LogP contribution in [0.1, 0.15) is 36.8 Å². The summed E-state index contributed by atoms with van der Waals surface area (Å²) >= 11 is 0. The fourth-order valence-corrected chi connectivity index (χ4v) is 5.14. The van der Waals surface area contributed by atoms with Gasteiger partial charge >= 0.3 is 0 Å². The number of benzene rings is 2. The highest BCUT2D eigenvalue weighted by Crippen LogP contribution is 2.35. The summed E-state index contributed by atoms with van der Waals surface area (Å²) in [5, 5.41) is 20.6. The van der Waals surface area contributed by atoms with Crippen molar-refractivity contribution < 1.29 is 18.9 Å². The molecule has 0 aliphatic carbocycles. The Hall–Kier alpha value is -4.37. The van der Waals surface area contributed by atoms with Crippen LogP contribution < -0.4 is 9.47 Å². The fourth-order valence-electron chi connectivity index (χ4n) is 5.14. The number of nitrogens with one attached hydrogen (secondary N) is 1. The Kier molecular flexibility index (Phi) is 7.14. The Bertz CT molecular complexity index is 1570. The van der Waals surface area contributed by atoms with Crippen molar-refractivity contribution in [3.05, 3.63) is 65.9 Å². The normalized spacial score (nSPS) is 16.5. The molecule has 2 aromatic carbocycles. The third-order valence-corrected chi connectivity index (χ3v) is 7.26. The molecular weight excluding hydrogens is 492 g/mol. The van der Waals surface area contributed by atoms with Crippen LogP contribution in [0.2, 0.25) is 0 Å². The Morgan fingerprint density at radius 2 is 1.31 bits per heavy atom. The Morgan fingerprint density at radius 1 is 0.744 bits per heavy atom. The molecule has 0 amide bonds. The van der Waals surface area contributed by atoms with E-state index < -0.39 is 0 Å². The van der Waals surface area contributed by atoms with Crippen molar-refractivity contribution >= 4 is 10.9 Å². The molecule has 8 nitrogen and oxygen atoms in total. The van der Waals surface area contributed by atoms with Crippen LogP contribution in [0.3, 0.4) is 0 Å². The molecular formula is C31H28N4O4. The molecule has 0 bridgehead atoms. The summed E-state index contributed by atoms with van der Waals surface area (Å²) in [7, 11) is 0. The van der Waals surface area contributed by atoms with Gasteiger partial charge in [0.25, 0.3) is 0 Å². The summed E-state index contributed by atoms with van der Waals surface area (Å²) in [6.07, 6.45) is 5.14. The fraction of sp³-hybridized carbons (Fsp3) is 0.323. The molecule has 4 heterocycles. The largest absolute Gasteiger partial charge is 0.489 e. The summed E-state index contributed by atoms with van der Waals surface area (Å²) in [5.74, 6) is 1.18. The third kappa shape index (κ3) is 5.31. The maximum atomic E-state index is 9.84. The zero-order valence-corrected chi connectivity index (χ0v) is 21.5. The van der Waals surface area contributed by atoms with Crippen LogP contribution in [0.25, 0.3) is 33.4 Å². The molecule has 2 fully saturated rings.